The number of hydrogen-bond donors (Lipinski definition) is 2. The van der Waals surface area contributed by atoms with Crippen LogP contribution >= 0.6 is 0 Å². The Balaban J connectivity index is 1.82. The Hall–Kier alpha value is -1.02. The monoisotopic (exact) mass is 259 g/mol. The van der Waals surface area contributed by atoms with Crippen molar-refractivity contribution in [1.29, 1.82) is 0 Å². The van der Waals surface area contributed by atoms with E-state index in [2.05, 4.69) is 38.2 Å². The molecule has 0 heterocycles. The zero-order chi connectivity index (χ0) is 13.7. The van der Waals surface area contributed by atoms with Crippen LogP contribution in [0.3, 0.4) is 0 Å². The molecule has 0 saturated heterocycles. The van der Waals surface area contributed by atoms with Crippen molar-refractivity contribution in [3.8, 4) is 0 Å². The summed E-state index contributed by atoms with van der Waals surface area (Å²) in [5.41, 5.74) is 2.99. The maximum Gasteiger partial charge on any atom is 0.0681 e. The van der Waals surface area contributed by atoms with Gasteiger partial charge < -0.3 is 10.4 Å². The van der Waals surface area contributed by atoms with E-state index in [1.807, 2.05) is 12.1 Å². The lowest BCUT2D eigenvalue weighted by Crippen LogP contribution is -2.45. The fourth-order valence-corrected chi connectivity index (χ4v) is 4.54. The SMILES string of the molecule is CC12CCC(C1)C(C)(C)C2Nc1ccc(CO)cc1. The number of anilines is 1. The summed E-state index contributed by atoms with van der Waals surface area (Å²) in [6.07, 6.45) is 4.12. The van der Waals surface area contributed by atoms with Crippen LogP contribution in [0.4, 0.5) is 5.69 Å². The predicted octanol–water partition coefficient (Wildman–Crippen LogP) is 3.81. The van der Waals surface area contributed by atoms with Gasteiger partial charge in [0, 0.05) is 11.7 Å². The molecule has 0 aliphatic heterocycles. The lowest BCUT2D eigenvalue weighted by Gasteiger charge is -2.43. The third kappa shape index (κ3) is 1.97. The molecule has 19 heavy (non-hydrogen) atoms. The molecule has 3 unspecified atom stereocenters. The first-order valence-corrected chi connectivity index (χ1v) is 7.42. The first-order chi connectivity index (χ1) is 8.95. The maximum absolute atomic E-state index is 9.10. The van der Waals surface area contributed by atoms with Crippen molar-refractivity contribution in [3.05, 3.63) is 29.8 Å². The van der Waals surface area contributed by atoms with Gasteiger partial charge in [-0.3, -0.25) is 0 Å². The second kappa shape index (κ2) is 4.24. The van der Waals surface area contributed by atoms with E-state index in [0.29, 0.717) is 16.9 Å². The van der Waals surface area contributed by atoms with Gasteiger partial charge in [-0.05, 0) is 53.7 Å². The number of aliphatic hydroxyl groups is 1. The average molecular weight is 259 g/mol. The average Bonchev–Trinajstić information content (AvgIpc) is 2.87. The zero-order valence-corrected chi connectivity index (χ0v) is 12.2. The van der Waals surface area contributed by atoms with Crippen LogP contribution in [-0.4, -0.2) is 11.1 Å². The normalized spacial score (nSPS) is 35.6. The molecular weight excluding hydrogens is 234 g/mol. The minimum Gasteiger partial charge on any atom is -0.392 e. The third-order valence-electron chi connectivity index (χ3n) is 5.72. The minimum absolute atomic E-state index is 0.120. The highest BCUT2D eigenvalue weighted by Crippen LogP contribution is 2.63. The van der Waals surface area contributed by atoms with Crippen LogP contribution in [0.2, 0.25) is 0 Å². The second-order valence-electron chi connectivity index (χ2n) is 7.35. The Morgan fingerprint density at radius 3 is 2.42 bits per heavy atom. The van der Waals surface area contributed by atoms with Crippen molar-refractivity contribution >= 4 is 5.69 Å². The molecule has 2 aliphatic carbocycles. The van der Waals surface area contributed by atoms with Crippen molar-refractivity contribution in [3.63, 3.8) is 0 Å². The quantitative estimate of drug-likeness (QED) is 0.865. The number of rotatable bonds is 3. The molecule has 2 N–H and O–H groups in total. The molecule has 0 spiro atoms. The molecule has 2 nitrogen and oxygen atoms in total. The van der Waals surface area contributed by atoms with Gasteiger partial charge in [-0.1, -0.05) is 32.9 Å². The van der Waals surface area contributed by atoms with Gasteiger partial charge in [-0.2, -0.15) is 0 Å². The summed E-state index contributed by atoms with van der Waals surface area (Å²) in [6, 6.07) is 8.75. The molecule has 104 valence electrons. The molecular formula is C17H25NO. The lowest BCUT2D eigenvalue weighted by atomic mass is 9.68. The van der Waals surface area contributed by atoms with Crippen LogP contribution in [0.25, 0.3) is 0 Å². The highest BCUT2D eigenvalue weighted by atomic mass is 16.3. The summed E-state index contributed by atoms with van der Waals surface area (Å²) < 4.78 is 0. The van der Waals surface area contributed by atoms with Crippen LogP contribution < -0.4 is 5.32 Å². The van der Waals surface area contributed by atoms with Crippen LogP contribution in [0.5, 0.6) is 0 Å². The van der Waals surface area contributed by atoms with E-state index >= 15 is 0 Å². The van der Waals surface area contributed by atoms with Crippen LogP contribution in [0.1, 0.15) is 45.6 Å². The molecule has 0 radical (unpaired) electrons. The third-order valence-corrected chi connectivity index (χ3v) is 5.72. The van der Waals surface area contributed by atoms with Crippen molar-refractivity contribution in [2.75, 3.05) is 5.32 Å². The number of hydrogen-bond acceptors (Lipinski definition) is 2. The number of aliphatic hydroxyl groups excluding tert-OH is 1. The van der Waals surface area contributed by atoms with Crippen molar-refractivity contribution in [2.24, 2.45) is 16.7 Å². The maximum atomic E-state index is 9.10. The summed E-state index contributed by atoms with van der Waals surface area (Å²) in [5.74, 6) is 0.867. The summed E-state index contributed by atoms with van der Waals surface area (Å²) in [7, 11) is 0. The molecule has 0 aromatic heterocycles. The Morgan fingerprint density at radius 1 is 1.21 bits per heavy atom. The van der Waals surface area contributed by atoms with Gasteiger partial charge in [0.25, 0.3) is 0 Å². The fraction of sp³-hybridized carbons (Fsp3) is 0.647. The Morgan fingerprint density at radius 2 is 1.89 bits per heavy atom. The molecule has 2 heteroatoms. The second-order valence-corrected chi connectivity index (χ2v) is 7.35. The predicted molar refractivity (Wildman–Crippen MR) is 79.0 cm³/mol. The van der Waals surface area contributed by atoms with E-state index in [9.17, 15) is 0 Å². The smallest absolute Gasteiger partial charge is 0.0681 e. The van der Waals surface area contributed by atoms with E-state index in [1.54, 1.807) is 0 Å². The van der Waals surface area contributed by atoms with Gasteiger partial charge in [-0.25, -0.2) is 0 Å². The van der Waals surface area contributed by atoms with Gasteiger partial charge in [0.15, 0.2) is 0 Å². The molecule has 3 atom stereocenters. The summed E-state index contributed by atoms with van der Waals surface area (Å²) in [4.78, 5) is 0. The Labute approximate surface area is 116 Å². The van der Waals surface area contributed by atoms with E-state index in [0.717, 1.165) is 11.5 Å². The van der Waals surface area contributed by atoms with Crippen LogP contribution in [-0.2, 0) is 6.61 Å². The van der Waals surface area contributed by atoms with E-state index in [-0.39, 0.29) is 6.61 Å². The first kappa shape index (κ1) is 13.0. The van der Waals surface area contributed by atoms with E-state index < -0.39 is 0 Å². The summed E-state index contributed by atoms with van der Waals surface area (Å²) in [6.45, 7) is 7.40. The first-order valence-electron chi connectivity index (χ1n) is 7.42. The fourth-order valence-electron chi connectivity index (χ4n) is 4.54. The lowest BCUT2D eigenvalue weighted by molar-refractivity contribution is 0.155. The number of nitrogens with one attached hydrogen (secondary N) is 1. The molecule has 2 bridgehead atoms. The van der Waals surface area contributed by atoms with Gasteiger partial charge in [-0.15, -0.1) is 0 Å². The van der Waals surface area contributed by atoms with Gasteiger partial charge in [0.2, 0.25) is 0 Å². The number of benzene rings is 1. The van der Waals surface area contributed by atoms with Gasteiger partial charge in [0.05, 0.1) is 6.61 Å². The van der Waals surface area contributed by atoms with Crippen LogP contribution in [0.15, 0.2) is 24.3 Å². The standard InChI is InChI=1S/C17H25NO/c1-16(2)13-8-9-17(3,10-13)15(16)18-14-6-4-12(11-19)5-7-14/h4-7,13,15,18-19H,8-11H2,1-3H3. The molecule has 3 rings (SSSR count). The molecule has 1 aromatic carbocycles. The van der Waals surface area contributed by atoms with E-state index in [4.69, 9.17) is 5.11 Å². The summed E-state index contributed by atoms with van der Waals surface area (Å²) in [5, 5.41) is 12.9. The minimum atomic E-state index is 0.120. The Bertz CT molecular complexity index is 460. The van der Waals surface area contributed by atoms with Crippen molar-refractivity contribution in [2.45, 2.75) is 52.7 Å². The molecule has 0 amide bonds. The number of fused-ring (bicyclic) bond motifs is 2. The highest BCUT2D eigenvalue weighted by Gasteiger charge is 2.59. The molecule has 2 saturated carbocycles. The van der Waals surface area contributed by atoms with E-state index in [1.165, 1.54) is 24.9 Å². The topological polar surface area (TPSA) is 32.3 Å². The molecule has 1 aromatic rings. The van der Waals surface area contributed by atoms with Crippen molar-refractivity contribution < 1.29 is 5.11 Å². The Kier molecular flexibility index (Phi) is 2.90. The molecule has 2 fully saturated rings. The largest absolute Gasteiger partial charge is 0.392 e. The summed E-state index contributed by atoms with van der Waals surface area (Å²) >= 11 is 0. The molecule has 2 aliphatic rings. The zero-order valence-electron chi connectivity index (χ0n) is 12.2. The highest BCUT2D eigenvalue weighted by molar-refractivity contribution is 5.47. The van der Waals surface area contributed by atoms with Gasteiger partial charge in [0.1, 0.15) is 0 Å². The van der Waals surface area contributed by atoms with Crippen LogP contribution in [0, 0.1) is 16.7 Å². The van der Waals surface area contributed by atoms with Gasteiger partial charge >= 0.3 is 0 Å². The van der Waals surface area contributed by atoms with Crippen molar-refractivity contribution in [1.82, 2.24) is 0 Å².